The zero-order valence-electron chi connectivity index (χ0n) is 14.5. The van der Waals surface area contributed by atoms with Crippen molar-refractivity contribution in [2.75, 3.05) is 52.5 Å². The summed E-state index contributed by atoms with van der Waals surface area (Å²) in [6.07, 6.45) is 2.73. The third-order valence-corrected chi connectivity index (χ3v) is 4.59. The van der Waals surface area contributed by atoms with Crippen molar-refractivity contribution in [1.82, 2.24) is 9.80 Å². The molecular formula is C17H34N2O3. The summed E-state index contributed by atoms with van der Waals surface area (Å²) in [4.78, 5) is 4.75. The normalized spacial score (nSPS) is 33.0. The molecule has 0 amide bonds. The second-order valence-electron chi connectivity index (χ2n) is 7.06. The summed E-state index contributed by atoms with van der Waals surface area (Å²) in [5.74, 6) is 0.629. The third kappa shape index (κ3) is 6.13. The van der Waals surface area contributed by atoms with Crippen molar-refractivity contribution in [3.8, 4) is 0 Å². The highest BCUT2D eigenvalue weighted by molar-refractivity contribution is 4.79. The second-order valence-corrected chi connectivity index (χ2v) is 7.06. The molecule has 22 heavy (non-hydrogen) atoms. The van der Waals surface area contributed by atoms with Crippen molar-refractivity contribution in [2.45, 2.75) is 51.9 Å². The molecule has 0 aromatic rings. The first kappa shape index (κ1) is 18.1. The zero-order chi connectivity index (χ0) is 15.9. The second kappa shape index (κ2) is 9.18. The Morgan fingerprint density at radius 3 is 2.50 bits per heavy atom. The van der Waals surface area contributed by atoms with Gasteiger partial charge in [0, 0.05) is 39.3 Å². The molecule has 4 unspecified atom stereocenters. The van der Waals surface area contributed by atoms with E-state index in [0.29, 0.717) is 5.92 Å². The molecule has 2 saturated heterocycles. The van der Waals surface area contributed by atoms with E-state index in [4.69, 9.17) is 9.47 Å². The number of morpholine rings is 1. The molecule has 0 aliphatic carbocycles. The number of β-amino-alcohol motifs (C(OH)–C–C–N with tert-alkyl or cyclic N) is 1. The molecule has 0 aromatic carbocycles. The SMILES string of the molecule is CCOCC1CCCN(CC(O)CN2CC(C)OC(C)C2)C1. The molecule has 2 aliphatic heterocycles. The molecule has 0 spiro atoms. The van der Waals surface area contributed by atoms with Crippen LogP contribution in [-0.2, 0) is 9.47 Å². The summed E-state index contributed by atoms with van der Waals surface area (Å²) in [6, 6.07) is 0. The van der Waals surface area contributed by atoms with Crippen LogP contribution in [0.3, 0.4) is 0 Å². The lowest BCUT2D eigenvalue weighted by molar-refractivity contribution is -0.0787. The average molecular weight is 314 g/mol. The van der Waals surface area contributed by atoms with E-state index in [1.54, 1.807) is 0 Å². The van der Waals surface area contributed by atoms with Crippen molar-refractivity contribution in [1.29, 1.82) is 0 Å². The van der Waals surface area contributed by atoms with E-state index < -0.39 is 0 Å². The molecule has 2 heterocycles. The maximum atomic E-state index is 10.4. The van der Waals surface area contributed by atoms with Crippen LogP contribution in [0.5, 0.6) is 0 Å². The summed E-state index contributed by atoms with van der Waals surface area (Å²) in [6.45, 7) is 13.5. The van der Waals surface area contributed by atoms with Gasteiger partial charge in [0.1, 0.15) is 0 Å². The summed E-state index contributed by atoms with van der Waals surface area (Å²) >= 11 is 0. The van der Waals surface area contributed by atoms with E-state index in [-0.39, 0.29) is 18.3 Å². The molecule has 4 atom stereocenters. The topological polar surface area (TPSA) is 45.2 Å². The standard InChI is InChI=1S/C17H34N2O3/c1-4-21-13-16-6-5-7-18(10-16)11-17(20)12-19-8-14(2)22-15(3)9-19/h14-17,20H,4-13H2,1-3H3. The van der Waals surface area contributed by atoms with Gasteiger partial charge in [-0.25, -0.2) is 0 Å². The Balaban J connectivity index is 1.70. The van der Waals surface area contributed by atoms with E-state index in [2.05, 4.69) is 30.6 Å². The quantitative estimate of drug-likeness (QED) is 0.765. The van der Waals surface area contributed by atoms with Gasteiger partial charge < -0.3 is 19.5 Å². The van der Waals surface area contributed by atoms with Gasteiger partial charge in [0.05, 0.1) is 24.9 Å². The van der Waals surface area contributed by atoms with Gasteiger partial charge in [-0.1, -0.05) is 0 Å². The van der Waals surface area contributed by atoms with Crippen LogP contribution >= 0.6 is 0 Å². The van der Waals surface area contributed by atoms with Gasteiger partial charge in [-0.05, 0) is 46.1 Å². The maximum absolute atomic E-state index is 10.4. The van der Waals surface area contributed by atoms with Crippen LogP contribution in [0, 0.1) is 5.92 Å². The summed E-state index contributed by atoms with van der Waals surface area (Å²) in [5, 5.41) is 10.4. The Hall–Kier alpha value is -0.200. The number of rotatable bonds is 7. The Labute approximate surface area is 135 Å². The van der Waals surface area contributed by atoms with Gasteiger partial charge in [0.15, 0.2) is 0 Å². The smallest absolute Gasteiger partial charge is 0.0793 e. The van der Waals surface area contributed by atoms with Gasteiger partial charge >= 0.3 is 0 Å². The van der Waals surface area contributed by atoms with E-state index in [9.17, 15) is 5.11 Å². The molecule has 130 valence electrons. The van der Waals surface area contributed by atoms with Crippen LogP contribution in [0.15, 0.2) is 0 Å². The number of hydrogen-bond acceptors (Lipinski definition) is 5. The molecule has 0 radical (unpaired) electrons. The highest BCUT2D eigenvalue weighted by Gasteiger charge is 2.26. The van der Waals surface area contributed by atoms with Crippen molar-refractivity contribution >= 4 is 0 Å². The summed E-state index contributed by atoms with van der Waals surface area (Å²) < 4.78 is 11.3. The van der Waals surface area contributed by atoms with Crippen LogP contribution in [0.1, 0.15) is 33.6 Å². The Morgan fingerprint density at radius 1 is 1.14 bits per heavy atom. The fraction of sp³-hybridized carbons (Fsp3) is 1.00. The van der Waals surface area contributed by atoms with E-state index in [1.165, 1.54) is 12.8 Å². The predicted octanol–water partition coefficient (Wildman–Crippen LogP) is 1.21. The first-order valence-electron chi connectivity index (χ1n) is 8.92. The Bertz CT molecular complexity index is 306. The predicted molar refractivity (Wildman–Crippen MR) is 88.1 cm³/mol. The lowest BCUT2D eigenvalue weighted by Gasteiger charge is -2.38. The van der Waals surface area contributed by atoms with Crippen LogP contribution < -0.4 is 0 Å². The molecule has 0 aromatic heterocycles. The van der Waals surface area contributed by atoms with E-state index in [0.717, 1.165) is 52.5 Å². The lowest BCUT2D eigenvalue weighted by atomic mass is 9.98. The van der Waals surface area contributed by atoms with Crippen molar-refractivity contribution < 1.29 is 14.6 Å². The highest BCUT2D eigenvalue weighted by Crippen LogP contribution is 2.17. The minimum Gasteiger partial charge on any atom is -0.390 e. The zero-order valence-corrected chi connectivity index (χ0v) is 14.5. The number of aliphatic hydroxyl groups excluding tert-OH is 1. The molecule has 0 saturated carbocycles. The Morgan fingerprint density at radius 2 is 1.82 bits per heavy atom. The van der Waals surface area contributed by atoms with Gasteiger partial charge in [-0.3, -0.25) is 4.90 Å². The first-order valence-corrected chi connectivity index (χ1v) is 8.92. The minimum atomic E-state index is -0.275. The fourth-order valence-electron chi connectivity index (χ4n) is 3.82. The fourth-order valence-corrected chi connectivity index (χ4v) is 3.82. The van der Waals surface area contributed by atoms with Crippen LogP contribution in [0.2, 0.25) is 0 Å². The minimum absolute atomic E-state index is 0.265. The van der Waals surface area contributed by atoms with Crippen molar-refractivity contribution in [3.05, 3.63) is 0 Å². The van der Waals surface area contributed by atoms with Gasteiger partial charge in [0.25, 0.3) is 0 Å². The van der Waals surface area contributed by atoms with Crippen LogP contribution in [0.4, 0.5) is 0 Å². The molecular weight excluding hydrogens is 280 g/mol. The number of aliphatic hydroxyl groups is 1. The van der Waals surface area contributed by atoms with E-state index in [1.807, 2.05) is 0 Å². The molecule has 1 N–H and O–H groups in total. The molecule has 5 heteroatoms. The highest BCUT2D eigenvalue weighted by atomic mass is 16.5. The molecule has 5 nitrogen and oxygen atoms in total. The molecule has 2 aliphatic rings. The average Bonchev–Trinajstić information content (AvgIpc) is 2.44. The molecule has 2 fully saturated rings. The molecule has 2 rings (SSSR count). The lowest BCUT2D eigenvalue weighted by Crippen LogP contribution is -2.50. The largest absolute Gasteiger partial charge is 0.390 e. The Kier molecular flexibility index (Phi) is 7.57. The number of ether oxygens (including phenoxy) is 2. The van der Waals surface area contributed by atoms with Crippen molar-refractivity contribution in [3.63, 3.8) is 0 Å². The van der Waals surface area contributed by atoms with Crippen molar-refractivity contribution in [2.24, 2.45) is 5.92 Å². The van der Waals surface area contributed by atoms with E-state index >= 15 is 0 Å². The number of nitrogens with zero attached hydrogens (tertiary/aromatic N) is 2. The molecule has 0 bridgehead atoms. The summed E-state index contributed by atoms with van der Waals surface area (Å²) in [5.41, 5.74) is 0. The number of likely N-dealkylation sites (tertiary alicyclic amines) is 1. The number of hydrogen-bond donors (Lipinski definition) is 1. The number of piperidine rings is 1. The monoisotopic (exact) mass is 314 g/mol. The third-order valence-electron chi connectivity index (χ3n) is 4.59. The van der Waals surface area contributed by atoms with Gasteiger partial charge in [0.2, 0.25) is 0 Å². The maximum Gasteiger partial charge on any atom is 0.0793 e. The van der Waals surface area contributed by atoms with Crippen LogP contribution in [-0.4, -0.2) is 85.7 Å². The first-order chi connectivity index (χ1) is 10.6. The van der Waals surface area contributed by atoms with Gasteiger partial charge in [-0.2, -0.15) is 0 Å². The van der Waals surface area contributed by atoms with Gasteiger partial charge in [-0.15, -0.1) is 0 Å². The van der Waals surface area contributed by atoms with Crippen LogP contribution in [0.25, 0.3) is 0 Å². The summed E-state index contributed by atoms with van der Waals surface area (Å²) in [7, 11) is 0.